The lowest BCUT2D eigenvalue weighted by molar-refractivity contribution is -0.386. The average molecular weight is 329 g/mol. The number of anilines is 1. The Bertz CT molecular complexity index is 774. The summed E-state index contributed by atoms with van der Waals surface area (Å²) in [5.41, 5.74) is 5.68. The van der Waals surface area contributed by atoms with E-state index in [0.717, 1.165) is 0 Å². The monoisotopic (exact) mass is 329 g/mol. The number of para-hydroxylation sites is 2. The van der Waals surface area contributed by atoms with Crippen molar-refractivity contribution in [3.63, 3.8) is 0 Å². The molecule has 0 fully saturated rings. The number of rotatable bonds is 6. The number of nitro benzene ring substituents is 1. The molecule has 1 atom stereocenters. The van der Waals surface area contributed by atoms with E-state index < -0.39 is 22.8 Å². The minimum Gasteiger partial charge on any atom is -0.474 e. The molecule has 0 aliphatic rings. The summed E-state index contributed by atoms with van der Waals surface area (Å²) in [5, 5.41) is 13.5. The molecular weight excluding hydrogens is 314 g/mol. The summed E-state index contributed by atoms with van der Waals surface area (Å²) in [6.45, 7) is 1.48. The van der Waals surface area contributed by atoms with Crippen molar-refractivity contribution in [2.75, 3.05) is 5.32 Å². The van der Waals surface area contributed by atoms with E-state index in [1.54, 1.807) is 6.07 Å². The Labute approximate surface area is 137 Å². The maximum Gasteiger partial charge on any atom is 0.310 e. The molecule has 0 saturated carbocycles. The number of hydrogen-bond acceptors (Lipinski definition) is 5. The van der Waals surface area contributed by atoms with Gasteiger partial charge in [-0.25, -0.2) is 0 Å². The van der Waals surface area contributed by atoms with E-state index in [0.29, 0.717) is 11.3 Å². The number of ether oxygens (including phenoxy) is 1. The van der Waals surface area contributed by atoms with Crippen LogP contribution < -0.4 is 15.8 Å². The lowest BCUT2D eigenvalue weighted by Gasteiger charge is -2.14. The fraction of sp³-hybridized carbons (Fsp3) is 0.125. The lowest BCUT2D eigenvalue weighted by Crippen LogP contribution is -2.30. The van der Waals surface area contributed by atoms with Gasteiger partial charge in [0.15, 0.2) is 11.9 Å². The highest BCUT2D eigenvalue weighted by molar-refractivity contribution is 5.96. The molecule has 2 rings (SSSR count). The Morgan fingerprint density at radius 1 is 1.17 bits per heavy atom. The van der Waals surface area contributed by atoms with E-state index in [1.165, 1.54) is 49.4 Å². The predicted molar refractivity (Wildman–Crippen MR) is 86.8 cm³/mol. The van der Waals surface area contributed by atoms with E-state index in [-0.39, 0.29) is 11.4 Å². The molecule has 2 amide bonds. The molecule has 1 unspecified atom stereocenters. The number of hydrogen-bond donors (Lipinski definition) is 2. The summed E-state index contributed by atoms with van der Waals surface area (Å²) >= 11 is 0. The summed E-state index contributed by atoms with van der Waals surface area (Å²) in [5.74, 6) is -1.05. The number of primary amides is 1. The van der Waals surface area contributed by atoms with E-state index in [9.17, 15) is 19.7 Å². The number of amides is 2. The highest BCUT2D eigenvalue weighted by Crippen LogP contribution is 2.27. The van der Waals surface area contributed by atoms with Crippen molar-refractivity contribution in [2.45, 2.75) is 13.0 Å². The lowest BCUT2D eigenvalue weighted by atomic mass is 10.2. The van der Waals surface area contributed by atoms with Gasteiger partial charge in [0.2, 0.25) is 5.91 Å². The van der Waals surface area contributed by atoms with Gasteiger partial charge in [0, 0.05) is 17.3 Å². The first kappa shape index (κ1) is 16.9. The molecule has 24 heavy (non-hydrogen) atoms. The Morgan fingerprint density at radius 3 is 2.38 bits per heavy atom. The average Bonchev–Trinajstić information content (AvgIpc) is 2.55. The molecule has 0 radical (unpaired) electrons. The number of carbonyl (C=O) groups is 2. The quantitative estimate of drug-likeness (QED) is 0.620. The molecule has 2 aromatic rings. The summed E-state index contributed by atoms with van der Waals surface area (Å²) in [7, 11) is 0. The number of carbonyl (C=O) groups excluding carboxylic acids is 2. The number of nitro groups is 1. The predicted octanol–water partition coefficient (Wildman–Crippen LogP) is 2.10. The smallest absolute Gasteiger partial charge is 0.310 e. The van der Waals surface area contributed by atoms with Crippen LogP contribution in [0.1, 0.15) is 17.3 Å². The number of nitrogens with two attached hydrogens (primary N) is 1. The fourth-order valence-corrected chi connectivity index (χ4v) is 1.91. The van der Waals surface area contributed by atoms with Crippen molar-refractivity contribution in [3.8, 4) is 5.75 Å². The first-order chi connectivity index (χ1) is 11.4. The molecule has 0 aliphatic carbocycles. The molecule has 3 N–H and O–H groups in total. The van der Waals surface area contributed by atoms with Crippen LogP contribution in [0, 0.1) is 10.1 Å². The van der Waals surface area contributed by atoms with Crippen LogP contribution in [-0.4, -0.2) is 22.8 Å². The van der Waals surface area contributed by atoms with Crippen molar-refractivity contribution in [3.05, 3.63) is 64.2 Å². The van der Waals surface area contributed by atoms with Crippen molar-refractivity contribution in [1.82, 2.24) is 0 Å². The molecule has 0 bridgehead atoms. The van der Waals surface area contributed by atoms with Crippen molar-refractivity contribution >= 4 is 23.2 Å². The van der Waals surface area contributed by atoms with Crippen molar-refractivity contribution in [2.24, 2.45) is 5.73 Å². The highest BCUT2D eigenvalue weighted by atomic mass is 16.6. The molecule has 0 saturated heterocycles. The molecule has 2 aromatic carbocycles. The number of nitrogens with zero attached hydrogens (tertiary/aromatic N) is 1. The maximum atomic E-state index is 12.1. The van der Waals surface area contributed by atoms with Gasteiger partial charge in [-0.1, -0.05) is 12.1 Å². The third kappa shape index (κ3) is 4.07. The van der Waals surface area contributed by atoms with Gasteiger partial charge < -0.3 is 15.8 Å². The Balaban J connectivity index is 2.05. The number of benzene rings is 2. The van der Waals surface area contributed by atoms with Crippen LogP contribution in [0.2, 0.25) is 0 Å². The van der Waals surface area contributed by atoms with Crippen LogP contribution >= 0.6 is 0 Å². The zero-order chi connectivity index (χ0) is 17.7. The summed E-state index contributed by atoms with van der Waals surface area (Å²) in [4.78, 5) is 33.5. The van der Waals surface area contributed by atoms with Gasteiger partial charge in [-0.15, -0.1) is 0 Å². The third-order valence-electron chi connectivity index (χ3n) is 3.17. The number of nitrogens with one attached hydrogen (secondary N) is 1. The summed E-state index contributed by atoms with van der Waals surface area (Å²) < 4.78 is 5.37. The minimum atomic E-state index is -0.957. The molecule has 8 heteroatoms. The van der Waals surface area contributed by atoms with Gasteiger partial charge >= 0.3 is 5.69 Å². The SMILES string of the molecule is CC(Oc1ccccc1[N+](=O)[O-])C(=O)Nc1ccc(C(N)=O)cc1. The van der Waals surface area contributed by atoms with Crippen LogP contribution in [0.15, 0.2) is 48.5 Å². The molecular formula is C16H15N3O5. The van der Waals surface area contributed by atoms with Gasteiger partial charge in [0.25, 0.3) is 5.91 Å². The topological polar surface area (TPSA) is 125 Å². The summed E-state index contributed by atoms with van der Waals surface area (Å²) in [6.07, 6.45) is -0.957. The molecule has 0 spiro atoms. The fourth-order valence-electron chi connectivity index (χ4n) is 1.91. The van der Waals surface area contributed by atoms with Gasteiger partial charge in [-0.05, 0) is 37.3 Å². The van der Waals surface area contributed by atoms with Crippen LogP contribution in [0.5, 0.6) is 5.75 Å². The second kappa shape index (κ2) is 7.23. The van der Waals surface area contributed by atoms with E-state index in [4.69, 9.17) is 10.5 Å². The van der Waals surface area contributed by atoms with Gasteiger partial charge in [-0.2, -0.15) is 0 Å². The molecule has 0 aromatic heterocycles. The van der Waals surface area contributed by atoms with Gasteiger partial charge in [-0.3, -0.25) is 19.7 Å². The first-order valence-electron chi connectivity index (χ1n) is 6.99. The zero-order valence-electron chi connectivity index (χ0n) is 12.8. The molecule has 0 heterocycles. The second-order valence-corrected chi connectivity index (χ2v) is 4.92. The normalized spacial score (nSPS) is 11.4. The largest absolute Gasteiger partial charge is 0.474 e. The van der Waals surface area contributed by atoms with Gasteiger partial charge in [0.1, 0.15) is 0 Å². The first-order valence-corrected chi connectivity index (χ1v) is 6.99. The van der Waals surface area contributed by atoms with Crippen LogP contribution in [0.25, 0.3) is 0 Å². The highest BCUT2D eigenvalue weighted by Gasteiger charge is 2.20. The summed E-state index contributed by atoms with van der Waals surface area (Å²) in [6, 6.07) is 11.8. The van der Waals surface area contributed by atoms with E-state index >= 15 is 0 Å². The second-order valence-electron chi connectivity index (χ2n) is 4.92. The van der Waals surface area contributed by atoms with Crippen molar-refractivity contribution < 1.29 is 19.2 Å². The third-order valence-corrected chi connectivity index (χ3v) is 3.17. The Kier molecular flexibility index (Phi) is 5.10. The molecule has 124 valence electrons. The van der Waals surface area contributed by atoms with Crippen LogP contribution in [0.3, 0.4) is 0 Å². The Hall–Kier alpha value is -3.42. The molecule has 0 aliphatic heterocycles. The minimum absolute atomic E-state index is 0.00854. The standard InChI is InChI=1S/C16H15N3O5/c1-10(24-14-5-3-2-4-13(14)19(22)23)16(21)18-12-8-6-11(7-9-12)15(17)20/h2-10H,1H3,(H2,17,20)(H,18,21). The Morgan fingerprint density at radius 2 is 1.79 bits per heavy atom. The molecule has 8 nitrogen and oxygen atoms in total. The van der Waals surface area contributed by atoms with E-state index in [1.807, 2.05) is 0 Å². The van der Waals surface area contributed by atoms with Crippen molar-refractivity contribution in [1.29, 1.82) is 0 Å². The van der Waals surface area contributed by atoms with Crippen LogP contribution in [-0.2, 0) is 4.79 Å². The zero-order valence-corrected chi connectivity index (χ0v) is 12.8. The van der Waals surface area contributed by atoms with Crippen LogP contribution in [0.4, 0.5) is 11.4 Å². The maximum absolute atomic E-state index is 12.1. The van der Waals surface area contributed by atoms with E-state index in [2.05, 4.69) is 5.32 Å². The van der Waals surface area contributed by atoms with Gasteiger partial charge in [0.05, 0.1) is 4.92 Å².